The Morgan fingerprint density at radius 1 is 1.00 bits per heavy atom. The van der Waals surface area contributed by atoms with E-state index in [0.717, 1.165) is 17.5 Å². The van der Waals surface area contributed by atoms with Crippen molar-refractivity contribution in [2.75, 3.05) is 0 Å². The smallest absolute Gasteiger partial charge is 0.116 e. The molecule has 0 atom stereocenters. The number of aromatic hydroxyl groups is 1. The lowest BCUT2D eigenvalue weighted by Crippen LogP contribution is -1.87. The van der Waals surface area contributed by atoms with E-state index >= 15 is 0 Å². The predicted molar refractivity (Wildman–Crippen MR) is 86.6 cm³/mol. The third-order valence-corrected chi connectivity index (χ3v) is 3.11. The van der Waals surface area contributed by atoms with Crippen LogP contribution in [0.1, 0.15) is 30.5 Å². The van der Waals surface area contributed by atoms with Gasteiger partial charge in [-0.3, -0.25) is 0 Å². The lowest BCUT2D eigenvalue weighted by atomic mass is 10.0. The van der Waals surface area contributed by atoms with Crippen LogP contribution in [0.25, 0.3) is 12.2 Å². The van der Waals surface area contributed by atoms with Crippen molar-refractivity contribution < 1.29 is 5.11 Å². The second kappa shape index (κ2) is 6.76. The number of allylic oxidation sites excluding steroid dienone is 2. The Balaban J connectivity index is 2.27. The summed E-state index contributed by atoms with van der Waals surface area (Å²) in [5.74, 6) is 0.304. The largest absolute Gasteiger partial charge is 0.508 e. The van der Waals surface area contributed by atoms with Gasteiger partial charge in [-0.25, -0.2) is 0 Å². The zero-order valence-corrected chi connectivity index (χ0v) is 12.0. The quantitative estimate of drug-likeness (QED) is 0.603. The van der Waals surface area contributed by atoms with Gasteiger partial charge < -0.3 is 5.11 Å². The Hall–Kier alpha value is -2.28. The van der Waals surface area contributed by atoms with Crippen LogP contribution in [-0.4, -0.2) is 5.11 Å². The summed E-state index contributed by atoms with van der Waals surface area (Å²) in [5, 5.41) is 9.66. The van der Waals surface area contributed by atoms with Crippen LogP contribution in [0.15, 0.2) is 60.2 Å². The molecule has 1 N–H and O–H groups in total. The maximum atomic E-state index is 9.66. The molecule has 0 aliphatic carbocycles. The van der Waals surface area contributed by atoms with Crippen molar-refractivity contribution in [1.29, 1.82) is 0 Å². The van der Waals surface area contributed by atoms with E-state index in [4.69, 9.17) is 0 Å². The number of benzene rings is 2. The molecule has 0 radical (unpaired) electrons. The van der Waals surface area contributed by atoms with Gasteiger partial charge in [-0.05, 0) is 49.1 Å². The van der Waals surface area contributed by atoms with Crippen molar-refractivity contribution in [1.82, 2.24) is 0 Å². The molecule has 2 aromatic carbocycles. The molecule has 0 amide bonds. The molecule has 2 aromatic rings. The van der Waals surface area contributed by atoms with Crippen LogP contribution in [0.3, 0.4) is 0 Å². The van der Waals surface area contributed by atoms with Gasteiger partial charge in [-0.2, -0.15) is 0 Å². The molecule has 0 bridgehead atoms. The van der Waals surface area contributed by atoms with Gasteiger partial charge in [0.05, 0.1) is 0 Å². The Labute approximate surface area is 120 Å². The normalized spacial score (nSPS) is 10.7. The molecule has 0 aromatic heterocycles. The molecule has 0 fully saturated rings. The van der Waals surface area contributed by atoms with Gasteiger partial charge in [0, 0.05) is 0 Å². The van der Waals surface area contributed by atoms with Crippen LogP contribution in [0.5, 0.6) is 5.75 Å². The van der Waals surface area contributed by atoms with Crippen LogP contribution in [0, 0.1) is 0 Å². The number of hydrogen-bond donors (Lipinski definition) is 1. The average molecular weight is 264 g/mol. The molecule has 1 nitrogen and oxygen atoms in total. The molecule has 0 aliphatic heterocycles. The Bertz CT molecular complexity index is 617. The molecular weight excluding hydrogens is 244 g/mol. The first-order valence-corrected chi connectivity index (χ1v) is 6.83. The van der Waals surface area contributed by atoms with E-state index in [2.05, 4.69) is 44.2 Å². The number of phenols is 1. The van der Waals surface area contributed by atoms with E-state index in [9.17, 15) is 5.11 Å². The van der Waals surface area contributed by atoms with E-state index < -0.39 is 0 Å². The van der Waals surface area contributed by atoms with Crippen LogP contribution < -0.4 is 0 Å². The van der Waals surface area contributed by atoms with Crippen molar-refractivity contribution in [3.05, 3.63) is 76.9 Å². The summed E-state index contributed by atoms with van der Waals surface area (Å²) >= 11 is 0. The van der Waals surface area contributed by atoms with Gasteiger partial charge in [0.15, 0.2) is 0 Å². The number of phenolic OH excluding ortho intramolecular Hbond substituents is 1. The Morgan fingerprint density at radius 2 is 1.75 bits per heavy atom. The van der Waals surface area contributed by atoms with E-state index in [1.165, 1.54) is 11.1 Å². The van der Waals surface area contributed by atoms with Gasteiger partial charge in [0.2, 0.25) is 0 Å². The van der Waals surface area contributed by atoms with E-state index in [1.807, 2.05) is 30.3 Å². The topological polar surface area (TPSA) is 20.2 Å². The highest BCUT2D eigenvalue weighted by molar-refractivity contribution is 5.72. The summed E-state index contributed by atoms with van der Waals surface area (Å²) in [6.45, 7) is 4.19. The minimum atomic E-state index is 0.304. The molecule has 0 heterocycles. The van der Waals surface area contributed by atoms with E-state index in [0.29, 0.717) is 5.75 Å². The fourth-order valence-corrected chi connectivity index (χ4v) is 1.99. The summed E-state index contributed by atoms with van der Waals surface area (Å²) in [4.78, 5) is 0. The molecule has 0 saturated carbocycles. The molecule has 102 valence electrons. The van der Waals surface area contributed by atoms with Crippen molar-refractivity contribution in [3.63, 3.8) is 0 Å². The van der Waals surface area contributed by atoms with E-state index in [-0.39, 0.29) is 0 Å². The monoisotopic (exact) mass is 264 g/mol. The molecule has 0 unspecified atom stereocenters. The maximum absolute atomic E-state index is 9.66. The van der Waals surface area contributed by atoms with Crippen molar-refractivity contribution in [2.24, 2.45) is 0 Å². The minimum absolute atomic E-state index is 0.304. The minimum Gasteiger partial charge on any atom is -0.508 e. The Kier molecular flexibility index (Phi) is 4.78. The highest BCUT2D eigenvalue weighted by Crippen LogP contribution is 2.20. The second-order valence-corrected chi connectivity index (χ2v) is 5.11. The molecular formula is C19H20O. The molecule has 2 rings (SSSR count). The fraction of sp³-hybridized carbons (Fsp3) is 0.158. The third kappa shape index (κ3) is 4.13. The van der Waals surface area contributed by atoms with Crippen molar-refractivity contribution >= 4 is 12.2 Å². The summed E-state index contributed by atoms with van der Waals surface area (Å²) in [5.41, 5.74) is 4.74. The summed E-state index contributed by atoms with van der Waals surface area (Å²) in [6, 6.07) is 15.7. The van der Waals surface area contributed by atoms with Gasteiger partial charge in [0.1, 0.15) is 5.75 Å². The van der Waals surface area contributed by atoms with Crippen molar-refractivity contribution in [2.45, 2.75) is 20.3 Å². The SMILES string of the molecule is CC(C)=CCc1ccc(O)cc1/C=C/c1ccccc1. The van der Waals surface area contributed by atoms with Gasteiger partial charge in [0.25, 0.3) is 0 Å². The van der Waals surface area contributed by atoms with Crippen LogP contribution in [0.2, 0.25) is 0 Å². The molecule has 1 heteroatoms. The zero-order valence-electron chi connectivity index (χ0n) is 12.0. The highest BCUT2D eigenvalue weighted by Gasteiger charge is 2.00. The molecule has 0 saturated heterocycles. The standard InChI is InChI=1S/C19H20O/c1-15(2)8-10-17-12-13-19(20)14-18(17)11-9-16-6-4-3-5-7-16/h3-9,11-14,20H,10H2,1-2H3/b11-9+. The number of hydrogen-bond acceptors (Lipinski definition) is 1. The molecule has 20 heavy (non-hydrogen) atoms. The van der Waals surface area contributed by atoms with E-state index in [1.54, 1.807) is 6.07 Å². The first-order valence-electron chi connectivity index (χ1n) is 6.83. The van der Waals surface area contributed by atoms with Gasteiger partial charge in [-0.15, -0.1) is 0 Å². The first kappa shape index (κ1) is 14.1. The zero-order chi connectivity index (χ0) is 14.4. The van der Waals surface area contributed by atoms with Gasteiger partial charge in [-0.1, -0.05) is 60.2 Å². The lowest BCUT2D eigenvalue weighted by molar-refractivity contribution is 0.475. The van der Waals surface area contributed by atoms with Crippen LogP contribution in [-0.2, 0) is 6.42 Å². The Morgan fingerprint density at radius 3 is 2.45 bits per heavy atom. The molecule has 0 spiro atoms. The predicted octanol–water partition coefficient (Wildman–Crippen LogP) is 5.07. The maximum Gasteiger partial charge on any atom is 0.116 e. The second-order valence-electron chi connectivity index (χ2n) is 5.11. The summed E-state index contributed by atoms with van der Waals surface area (Å²) in [7, 11) is 0. The number of rotatable bonds is 4. The van der Waals surface area contributed by atoms with Crippen LogP contribution >= 0.6 is 0 Å². The first-order chi connectivity index (χ1) is 9.65. The van der Waals surface area contributed by atoms with Crippen LogP contribution in [0.4, 0.5) is 0 Å². The van der Waals surface area contributed by atoms with Gasteiger partial charge >= 0.3 is 0 Å². The lowest BCUT2D eigenvalue weighted by Gasteiger charge is -2.05. The summed E-state index contributed by atoms with van der Waals surface area (Å²) < 4.78 is 0. The molecule has 0 aliphatic rings. The fourth-order valence-electron chi connectivity index (χ4n) is 1.99. The average Bonchev–Trinajstić information content (AvgIpc) is 2.45. The summed E-state index contributed by atoms with van der Waals surface area (Å²) in [6.07, 6.45) is 7.22. The third-order valence-electron chi connectivity index (χ3n) is 3.11. The van der Waals surface area contributed by atoms with Crippen molar-refractivity contribution in [3.8, 4) is 5.75 Å². The highest BCUT2D eigenvalue weighted by atomic mass is 16.3.